The second-order valence-electron chi connectivity index (χ2n) is 6.95. The number of hydrogen-bond acceptors (Lipinski definition) is 0. The molecular weight excluding hydrogens is 228 g/mol. The molecule has 0 heteroatoms. The van der Waals surface area contributed by atoms with Crippen molar-refractivity contribution in [3.63, 3.8) is 0 Å². The van der Waals surface area contributed by atoms with Gasteiger partial charge in [-0.3, -0.25) is 0 Å². The van der Waals surface area contributed by atoms with E-state index in [0.29, 0.717) is 0 Å². The van der Waals surface area contributed by atoms with E-state index in [9.17, 15) is 0 Å². The maximum absolute atomic E-state index is 2.52. The molecule has 1 fully saturated rings. The molecule has 3 atom stereocenters. The Labute approximate surface area is 117 Å². The standard InChI is InChI=1S/C19H26/c1-13(2)16-10-8-14(3)12-19(16)18-11-9-15-6-4-5-7-17(15)18/h4-7,11,13-14,16,19H,8-10,12H2,1-3H3/t14-,16-,19+/m1/s1. The van der Waals surface area contributed by atoms with Crippen molar-refractivity contribution in [1.82, 2.24) is 0 Å². The third-order valence-electron chi connectivity index (χ3n) is 5.29. The van der Waals surface area contributed by atoms with Crippen LogP contribution < -0.4 is 0 Å². The molecule has 0 bridgehead atoms. The van der Waals surface area contributed by atoms with Gasteiger partial charge in [-0.05, 0) is 59.6 Å². The van der Waals surface area contributed by atoms with Crippen molar-refractivity contribution >= 4 is 5.57 Å². The van der Waals surface area contributed by atoms with Crippen molar-refractivity contribution in [1.29, 1.82) is 0 Å². The Hall–Kier alpha value is -1.04. The van der Waals surface area contributed by atoms with Gasteiger partial charge in [0.15, 0.2) is 0 Å². The number of fused-ring (bicyclic) bond motifs is 1. The van der Waals surface area contributed by atoms with Crippen molar-refractivity contribution in [2.75, 3.05) is 0 Å². The molecule has 3 rings (SSSR count). The lowest BCUT2D eigenvalue weighted by Gasteiger charge is -2.38. The van der Waals surface area contributed by atoms with E-state index in [-0.39, 0.29) is 0 Å². The zero-order chi connectivity index (χ0) is 13.4. The SMILES string of the molecule is CC(C)[C@H]1CC[C@@H](C)C[C@@H]1C1=CCc2ccccc21. The predicted octanol–water partition coefficient (Wildman–Crippen LogP) is 5.33. The average Bonchev–Trinajstić information content (AvgIpc) is 2.82. The zero-order valence-electron chi connectivity index (χ0n) is 12.5. The van der Waals surface area contributed by atoms with Gasteiger partial charge >= 0.3 is 0 Å². The van der Waals surface area contributed by atoms with Gasteiger partial charge in [0.05, 0.1) is 0 Å². The second-order valence-corrected chi connectivity index (χ2v) is 6.95. The first-order valence-electron chi connectivity index (χ1n) is 7.95. The lowest BCUT2D eigenvalue weighted by atomic mass is 9.66. The number of rotatable bonds is 2. The van der Waals surface area contributed by atoms with Gasteiger partial charge in [0, 0.05) is 0 Å². The summed E-state index contributed by atoms with van der Waals surface area (Å²) in [6.45, 7) is 7.26. The molecule has 2 aliphatic carbocycles. The summed E-state index contributed by atoms with van der Waals surface area (Å²) in [6, 6.07) is 9.02. The molecular formula is C19H26. The van der Waals surface area contributed by atoms with Crippen LogP contribution in [0.3, 0.4) is 0 Å². The minimum absolute atomic E-state index is 0.799. The summed E-state index contributed by atoms with van der Waals surface area (Å²) in [7, 11) is 0. The normalized spacial score (nSPS) is 30.3. The van der Waals surface area contributed by atoms with E-state index in [4.69, 9.17) is 0 Å². The topological polar surface area (TPSA) is 0 Å². The molecule has 0 heterocycles. The lowest BCUT2D eigenvalue weighted by Crippen LogP contribution is -2.28. The van der Waals surface area contributed by atoms with Gasteiger partial charge < -0.3 is 0 Å². The van der Waals surface area contributed by atoms with Crippen LogP contribution in [-0.4, -0.2) is 0 Å². The van der Waals surface area contributed by atoms with Crippen LogP contribution in [0.5, 0.6) is 0 Å². The lowest BCUT2D eigenvalue weighted by molar-refractivity contribution is 0.185. The summed E-state index contributed by atoms with van der Waals surface area (Å²) in [6.07, 6.45) is 7.91. The molecule has 0 aromatic heterocycles. The van der Waals surface area contributed by atoms with E-state index in [1.807, 2.05) is 0 Å². The van der Waals surface area contributed by atoms with Crippen LogP contribution in [0.1, 0.15) is 51.2 Å². The van der Waals surface area contributed by atoms with Crippen LogP contribution in [0, 0.1) is 23.7 Å². The Bertz CT molecular complexity index is 481. The molecule has 0 unspecified atom stereocenters. The molecule has 0 spiro atoms. The molecule has 0 amide bonds. The van der Waals surface area contributed by atoms with Gasteiger partial charge in [-0.15, -0.1) is 0 Å². The number of hydrogen-bond donors (Lipinski definition) is 0. The molecule has 2 aliphatic rings. The van der Waals surface area contributed by atoms with Gasteiger partial charge in [0.1, 0.15) is 0 Å². The van der Waals surface area contributed by atoms with E-state index in [2.05, 4.69) is 51.1 Å². The van der Waals surface area contributed by atoms with Crippen molar-refractivity contribution in [2.24, 2.45) is 23.7 Å². The highest BCUT2D eigenvalue weighted by Crippen LogP contribution is 2.47. The molecule has 1 aromatic carbocycles. The number of allylic oxidation sites excluding steroid dienone is 2. The van der Waals surface area contributed by atoms with Gasteiger partial charge in [-0.25, -0.2) is 0 Å². The maximum Gasteiger partial charge on any atom is -0.00853 e. The first-order valence-corrected chi connectivity index (χ1v) is 7.95. The minimum atomic E-state index is 0.799. The van der Waals surface area contributed by atoms with Gasteiger partial charge in [0.25, 0.3) is 0 Å². The van der Waals surface area contributed by atoms with Crippen molar-refractivity contribution in [3.05, 3.63) is 41.5 Å². The summed E-state index contributed by atoms with van der Waals surface area (Å²) >= 11 is 0. The van der Waals surface area contributed by atoms with Crippen LogP contribution in [-0.2, 0) is 6.42 Å². The zero-order valence-corrected chi connectivity index (χ0v) is 12.5. The highest BCUT2D eigenvalue weighted by atomic mass is 14.4. The first kappa shape index (κ1) is 13.0. The van der Waals surface area contributed by atoms with Crippen LogP contribution in [0.25, 0.3) is 5.57 Å². The fourth-order valence-corrected chi connectivity index (χ4v) is 4.22. The summed E-state index contributed by atoms with van der Waals surface area (Å²) in [5.74, 6) is 3.39. The monoisotopic (exact) mass is 254 g/mol. The average molecular weight is 254 g/mol. The van der Waals surface area contributed by atoms with Crippen molar-refractivity contribution in [3.8, 4) is 0 Å². The van der Waals surface area contributed by atoms with Gasteiger partial charge in [-0.1, -0.05) is 57.5 Å². The van der Waals surface area contributed by atoms with Crippen molar-refractivity contribution in [2.45, 2.75) is 46.5 Å². The van der Waals surface area contributed by atoms with E-state index >= 15 is 0 Å². The molecule has 19 heavy (non-hydrogen) atoms. The molecule has 1 saturated carbocycles. The first-order chi connectivity index (χ1) is 9.16. The van der Waals surface area contributed by atoms with E-state index in [1.54, 1.807) is 16.7 Å². The van der Waals surface area contributed by atoms with Crippen LogP contribution in [0.4, 0.5) is 0 Å². The fraction of sp³-hybridized carbons (Fsp3) is 0.579. The summed E-state index contributed by atoms with van der Waals surface area (Å²) in [5, 5.41) is 0. The Morgan fingerprint density at radius 2 is 1.89 bits per heavy atom. The Morgan fingerprint density at radius 3 is 2.68 bits per heavy atom. The smallest absolute Gasteiger partial charge is 0.00853 e. The van der Waals surface area contributed by atoms with Gasteiger partial charge in [0.2, 0.25) is 0 Å². The summed E-state index contributed by atoms with van der Waals surface area (Å²) < 4.78 is 0. The van der Waals surface area contributed by atoms with Crippen molar-refractivity contribution < 1.29 is 0 Å². The third kappa shape index (κ3) is 2.38. The molecule has 0 aliphatic heterocycles. The van der Waals surface area contributed by atoms with Crippen LogP contribution in [0.2, 0.25) is 0 Å². The maximum atomic E-state index is 2.52. The highest BCUT2D eigenvalue weighted by Gasteiger charge is 2.34. The predicted molar refractivity (Wildman–Crippen MR) is 83.0 cm³/mol. The van der Waals surface area contributed by atoms with Crippen LogP contribution >= 0.6 is 0 Å². The summed E-state index contributed by atoms with van der Waals surface area (Å²) in [4.78, 5) is 0. The molecule has 0 saturated heterocycles. The quantitative estimate of drug-likeness (QED) is 0.668. The molecule has 0 N–H and O–H groups in total. The minimum Gasteiger partial charge on any atom is -0.0760 e. The summed E-state index contributed by atoms with van der Waals surface area (Å²) in [5.41, 5.74) is 4.76. The fourth-order valence-electron chi connectivity index (χ4n) is 4.22. The Balaban J connectivity index is 1.92. The third-order valence-corrected chi connectivity index (χ3v) is 5.29. The number of benzene rings is 1. The Morgan fingerprint density at radius 1 is 1.11 bits per heavy atom. The molecule has 1 aromatic rings. The van der Waals surface area contributed by atoms with E-state index < -0.39 is 0 Å². The molecule has 0 nitrogen and oxygen atoms in total. The molecule has 102 valence electrons. The van der Waals surface area contributed by atoms with Crippen LogP contribution in [0.15, 0.2) is 30.3 Å². The highest BCUT2D eigenvalue weighted by molar-refractivity contribution is 5.74. The van der Waals surface area contributed by atoms with E-state index in [1.165, 1.54) is 19.3 Å². The largest absolute Gasteiger partial charge is 0.0760 e. The van der Waals surface area contributed by atoms with E-state index in [0.717, 1.165) is 30.1 Å². The van der Waals surface area contributed by atoms with Gasteiger partial charge in [-0.2, -0.15) is 0 Å². The molecule has 0 radical (unpaired) electrons. The Kier molecular flexibility index (Phi) is 3.52. The second kappa shape index (κ2) is 5.15.